The first-order valence-corrected chi connectivity index (χ1v) is 7.66. The predicted octanol–water partition coefficient (Wildman–Crippen LogP) is 3.34. The number of rotatable bonds is 9. The molecule has 0 aliphatic heterocycles. The first kappa shape index (κ1) is 17.9. The van der Waals surface area contributed by atoms with Crippen LogP contribution >= 0.6 is 15.9 Å². The Labute approximate surface area is 132 Å². The monoisotopic (exact) mass is 361 g/mol. The van der Waals surface area contributed by atoms with Gasteiger partial charge < -0.3 is 14.9 Å². The molecule has 0 amide bonds. The van der Waals surface area contributed by atoms with Gasteiger partial charge in [-0.3, -0.25) is 10.1 Å². The third-order valence-electron chi connectivity index (χ3n) is 3.01. The molecule has 118 valence electrons. The molecule has 0 saturated heterocycles. The maximum atomic E-state index is 11.1. The fourth-order valence-electron chi connectivity index (χ4n) is 1.94. The van der Waals surface area contributed by atoms with E-state index in [4.69, 9.17) is 9.84 Å². The van der Waals surface area contributed by atoms with Crippen LogP contribution in [0.15, 0.2) is 16.6 Å². The summed E-state index contributed by atoms with van der Waals surface area (Å²) < 4.78 is 6.07. The summed E-state index contributed by atoms with van der Waals surface area (Å²) in [5.41, 5.74) is 0.238. The molecule has 21 heavy (non-hydrogen) atoms. The van der Waals surface area contributed by atoms with Crippen LogP contribution in [0.25, 0.3) is 0 Å². The van der Waals surface area contributed by atoms with Crippen molar-refractivity contribution in [1.29, 1.82) is 0 Å². The lowest BCUT2D eigenvalue weighted by Crippen LogP contribution is -2.06. The second-order valence-corrected chi connectivity index (χ2v) is 5.68. The minimum absolute atomic E-state index is 0.125. The fourth-order valence-corrected chi connectivity index (χ4v) is 2.41. The molecule has 0 aliphatic rings. The average Bonchev–Trinajstić information content (AvgIpc) is 2.42. The molecule has 0 heterocycles. The van der Waals surface area contributed by atoms with Crippen LogP contribution in [0.4, 0.5) is 5.69 Å². The van der Waals surface area contributed by atoms with Crippen LogP contribution in [0.2, 0.25) is 0 Å². The standard InChI is InChI=1S/C14H20BrNO5/c1-10(18)12-8-11(15)9-13(16(19)20)14(12)21-7-5-3-2-4-6-17/h8-10,17-18H,2-7H2,1H3/t10-/m0/s1. The summed E-state index contributed by atoms with van der Waals surface area (Å²) in [7, 11) is 0. The lowest BCUT2D eigenvalue weighted by molar-refractivity contribution is -0.386. The van der Waals surface area contributed by atoms with Crippen molar-refractivity contribution in [2.75, 3.05) is 13.2 Å². The molecule has 0 saturated carbocycles. The Morgan fingerprint density at radius 2 is 2.00 bits per heavy atom. The molecule has 0 aromatic heterocycles. The van der Waals surface area contributed by atoms with Crippen LogP contribution in [-0.4, -0.2) is 28.4 Å². The lowest BCUT2D eigenvalue weighted by Gasteiger charge is -2.14. The van der Waals surface area contributed by atoms with Gasteiger partial charge in [-0.15, -0.1) is 0 Å². The zero-order chi connectivity index (χ0) is 15.8. The molecule has 1 rings (SSSR count). The Morgan fingerprint density at radius 1 is 1.33 bits per heavy atom. The summed E-state index contributed by atoms with van der Waals surface area (Å²) in [5.74, 6) is 0.125. The number of hydrogen-bond donors (Lipinski definition) is 2. The third-order valence-corrected chi connectivity index (χ3v) is 3.47. The van der Waals surface area contributed by atoms with Gasteiger partial charge in [-0.2, -0.15) is 0 Å². The van der Waals surface area contributed by atoms with Crippen LogP contribution in [0.3, 0.4) is 0 Å². The van der Waals surface area contributed by atoms with Gasteiger partial charge in [-0.25, -0.2) is 0 Å². The Balaban J connectivity index is 2.80. The highest BCUT2D eigenvalue weighted by atomic mass is 79.9. The molecule has 6 nitrogen and oxygen atoms in total. The zero-order valence-electron chi connectivity index (χ0n) is 11.9. The summed E-state index contributed by atoms with van der Waals surface area (Å²) in [5, 5.41) is 29.6. The minimum atomic E-state index is -0.856. The second-order valence-electron chi connectivity index (χ2n) is 4.76. The normalized spacial score (nSPS) is 12.2. The molecule has 2 N–H and O–H groups in total. The Hall–Kier alpha value is -1.18. The summed E-state index contributed by atoms with van der Waals surface area (Å²) >= 11 is 3.20. The number of aliphatic hydroxyl groups is 2. The van der Waals surface area contributed by atoms with Crippen LogP contribution in [0.5, 0.6) is 5.75 Å². The SMILES string of the molecule is C[C@H](O)c1cc(Br)cc([N+](=O)[O-])c1OCCCCCCO. The number of benzene rings is 1. The second kappa shape index (κ2) is 8.96. The lowest BCUT2D eigenvalue weighted by atomic mass is 10.1. The van der Waals surface area contributed by atoms with Crippen molar-refractivity contribution in [1.82, 2.24) is 0 Å². The number of aliphatic hydroxyl groups excluding tert-OH is 2. The van der Waals surface area contributed by atoms with Crippen LogP contribution in [0.1, 0.15) is 44.3 Å². The van der Waals surface area contributed by atoms with Crippen molar-refractivity contribution >= 4 is 21.6 Å². The number of nitrogens with zero attached hydrogens (tertiary/aromatic N) is 1. The molecule has 0 aliphatic carbocycles. The van der Waals surface area contributed by atoms with E-state index in [-0.39, 0.29) is 18.0 Å². The third kappa shape index (κ3) is 5.61. The number of nitro groups is 1. The molecule has 0 fully saturated rings. The van der Waals surface area contributed by atoms with Gasteiger partial charge in [0.2, 0.25) is 5.75 Å². The van der Waals surface area contributed by atoms with Crippen LogP contribution in [-0.2, 0) is 0 Å². The zero-order valence-corrected chi connectivity index (χ0v) is 13.5. The topological polar surface area (TPSA) is 92.8 Å². The number of nitro benzene ring substituents is 1. The first-order valence-electron chi connectivity index (χ1n) is 6.87. The van der Waals surface area contributed by atoms with Crippen molar-refractivity contribution in [3.8, 4) is 5.75 Å². The first-order chi connectivity index (χ1) is 9.97. The van der Waals surface area contributed by atoms with Crippen molar-refractivity contribution in [2.45, 2.75) is 38.7 Å². The van der Waals surface area contributed by atoms with Crippen LogP contribution < -0.4 is 4.74 Å². The van der Waals surface area contributed by atoms with E-state index in [1.165, 1.54) is 6.07 Å². The minimum Gasteiger partial charge on any atom is -0.487 e. The van der Waals surface area contributed by atoms with E-state index < -0.39 is 11.0 Å². The quantitative estimate of drug-likeness (QED) is 0.399. The Kier molecular flexibility index (Phi) is 7.63. The average molecular weight is 362 g/mol. The van der Waals surface area contributed by atoms with E-state index in [1.54, 1.807) is 13.0 Å². The van der Waals surface area contributed by atoms with Gasteiger partial charge in [0.1, 0.15) is 0 Å². The summed E-state index contributed by atoms with van der Waals surface area (Å²) in [4.78, 5) is 10.6. The van der Waals surface area contributed by atoms with Gasteiger partial charge in [0, 0.05) is 22.7 Å². The molecule has 0 bridgehead atoms. The maximum absolute atomic E-state index is 11.1. The highest BCUT2D eigenvalue weighted by molar-refractivity contribution is 9.10. The molecule has 0 spiro atoms. The van der Waals surface area contributed by atoms with E-state index in [2.05, 4.69) is 15.9 Å². The van der Waals surface area contributed by atoms with Crippen molar-refractivity contribution < 1.29 is 19.9 Å². The highest BCUT2D eigenvalue weighted by Gasteiger charge is 2.23. The number of ether oxygens (including phenoxy) is 1. The fraction of sp³-hybridized carbons (Fsp3) is 0.571. The summed E-state index contributed by atoms with van der Waals surface area (Å²) in [6.07, 6.45) is 2.41. The van der Waals surface area contributed by atoms with Gasteiger partial charge in [0.25, 0.3) is 0 Å². The van der Waals surface area contributed by atoms with Crippen molar-refractivity contribution in [3.63, 3.8) is 0 Å². The maximum Gasteiger partial charge on any atom is 0.312 e. The Morgan fingerprint density at radius 3 is 2.57 bits per heavy atom. The number of halogens is 1. The number of unbranched alkanes of at least 4 members (excludes halogenated alkanes) is 3. The van der Waals surface area contributed by atoms with E-state index >= 15 is 0 Å². The highest BCUT2D eigenvalue weighted by Crippen LogP contribution is 2.37. The van der Waals surface area contributed by atoms with Crippen molar-refractivity contribution in [2.24, 2.45) is 0 Å². The number of hydrogen-bond acceptors (Lipinski definition) is 5. The van der Waals surface area contributed by atoms with Gasteiger partial charge >= 0.3 is 5.69 Å². The molecular weight excluding hydrogens is 342 g/mol. The van der Waals surface area contributed by atoms with Gasteiger partial charge in [0.15, 0.2) is 0 Å². The van der Waals surface area contributed by atoms with E-state index in [0.717, 1.165) is 25.7 Å². The van der Waals surface area contributed by atoms with Crippen molar-refractivity contribution in [3.05, 3.63) is 32.3 Å². The smallest absolute Gasteiger partial charge is 0.312 e. The molecular formula is C14H20BrNO5. The van der Waals surface area contributed by atoms with Gasteiger partial charge in [-0.05, 0) is 32.3 Å². The molecule has 1 aromatic carbocycles. The molecule has 0 unspecified atom stereocenters. The van der Waals surface area contributed by atoms with Gasteiger partial charge in [0.05, 0.1) is 17.6 Å². The van der Waals surface area contributed by atoms with Gasteiger partial charge in [-0.1, -0.05) is 22.4 Å². The van der Waals surface area contributed by atoms with E-state index in [9.17, 15) is 15.2 Å². The van der Waals surface area contributed by atoms with E-state index in [0.29, 0.717) is 16.6 Å². The molecule has 1 aromatic rings. The Bertz CT molecular complexity index is 479. The molecule has 1 atom stereocenters. The predicted molar refractivity (Wildman–Crippen MR) is 82.5 cm³/mol. The molecule has 7 heteroatoms. The molecule has 0 radical (unpaired) electrons. The summed E-state index contributed by atoms with van der Waals surface area (Å²) in [6.45, 7) is 2.05. The van der Waals surface area contributed by atoms with E-state index in [1.807, 2.05) is 0 Å². The summed E-state index contributed by atoms with van der Waals surface area (Å²) in [6, 6.07) is 2.99. The van der Waals surface area contributed by atoms with Crippen LogP contribution in [0, 0.1) is 10.1 Å². The largest absolute Gasteiger partial charge is 0.487 e.